The minimum Gasteiger partial charge on any atom is -0.490 e. The van der Waals surface area contributed by atoms with E-state index >= 15 is 0 Å². The molecule has 0 amide bonds. The fraction of sp³-hybridized carbons (Fsp3) is 0.562. The molecule has 1 heterocycles. The van der Waals surface area contributed by atoms with Crippen LogP contribution < -0.4 is 10.1 Å². The van der Waals surface area contributed by atoms with Crippen LogP contribution >= 0.6 is 0 Å². The number of hydrogen-bond donors (Lipinski definition) is 1. The lowest BCUT2D eigenvalue weighted by Gasteiger charge is -2.28. The molecule has 20 heavy (non-hydrogen) atoms. The number of rotatable bonds is 6. The Balaban J connectivity index is 1.65. The van der Waals surface area contributed by atoms with Gasteiger partial charge in [0.2, 0.25) is 0 Å². The van der Waals surface area contributed by atoms with Gasteiger partial charge in [-0.05, 0) is 37.4 Å². The number of piperidine rings is 1. The molecular weight excluding hydrogens is 254 g/mol. The van der Waals surface area contributed by atoms with Gasteiger partial charge in [0.05, 0.1) is 0 Å². The summed E-state index contributed by atoms with van der Waals surface area (Å²) in [4.78, 5) is 11.9. The van der Waals surface area contributed by atoms with Crippen molar-refractivity contribution in [1.29, 1.82) is 0 Å². The molecule has 4 nitrogen and oxygen atoms in total. The summed E-state index contributed by atoms with van der Waals surface area (Å²) in [5.74, 6) is 1.28. The molecule has 0 aromatic heterocycles. The number of carbonyl (C=O) groups is 1. The molecule has 1 aromatic carbocycles. The highest BCUT2D eigenvalue weighted by molar-refractivity contribution is 5.75. The van der Waals surface area contributed by atoms with Crippen molar-refractivity contribution in [2.45, 2.75) is 32.2 Å². The molecule has 110 valence electrons. The summed E-state index contributed by atoms with van der Waals surface area (Å²) in [5.41, 5.74) is 0. The van der Waals surface area contributed by atoms with Crippen LogP contribution in [-0.2, 0) is 9.53 Å². The predicted octanol–water partition coefficient (Wildman–Crippen LogP) is 2.39. The second-order valence-electron chi connectivity index (χ2n) is 5.13. The third-order valence-corrected chi connectivity index (χ3v) is 3.71. The molecule has 1 aliphatic heterocycles. The quantitative estimate of drug-likeness (QED) is 0.640. The minimum atomic E-state index is -0.153. The zero-order valence-electron chi connectivity index (χ0n) is 12.0. The Labute approximate surface area is 120 Å². The van der Waals surface area contributed by atoms with Gasteiger partial charge in [0.15, 0.2) is 0 Å². The minimum absolute atomic E-state index is 0.148. The van der Waals surface area contributed by atoms with E-state index in [1.165, 1.54) is 0 Å². The van der Waals surface area contributed by atoms with Crippen molar-refractivity contribution >= 4 is 5.97 Å². The highest BCUT2D eigenvalue weighted by atomic mass is 16.6. The largest absolute Gasteiger partial charge is 0.490 e. The maximum Gasteiger partial charge on any atom is 0.323 e. The first-order valence-electron chi connectivity index (χ1n) is 7.37. The summed E-state index contributed by atoms with van der Waals surface area (Å²) < 4.78 is 10.8. The second kappa shape index (κ2) is 7.90. The molecule has 2 rings (SSSR count). The first-order chi connectivity index (χ1) is 9.79. The van der Waals surface area contributed by atoms with Gasteiger partial charge in [0, 0.05) is 0 Å². The van der Waals surface area contributed by atoms with Gasteiger partial charge in [0.1, 0.15) is 25.0 Å². The fourth-order valence-electron chi connectivity index (χ4n) is 2.47. The van der Waals surface area contributed by atoms with Gasteiger partial charge >= 0.3 is 5.97 Å². The molecule has 2 unspecified atom stereocenters. The number of benzene rings is 1. The summed E-state index contributed by atoms with van der Waals surface area (Å²) >= 11 is 0. The van der Waals surface area contributed by atoms with Crippen LogP contribution in [0.25, 0.3) is 0 Å². The Morgan fingerprint density at radius 2 is 2.10 bits per heavy atom. The van der Waals surface area contributed by atoms with Gasteiger partial charge in [-0.15, -0.1) is 0 Å². The number of esters is 1. The smallest absolute Gasteiger partial charge is 0.323 e. The summed E-state index contributed by atoms with van der Waals surface area (Å²) in [7, 11) is 0. The van der Waals surface area contributed by atoms with Crippen molar-refractivity contribution in [1.82, 2.24) is 5.32 Å². The van der Waals surface area contributed by atoms with E-state index < -0.39 is 0 Å². The number of hydrogen-bond acceptors (Lipinski definition) is 4. The van der Waals surface area contributed by atoms with Crippen LogP contribution in [0.15, 0.2) is 30.3 Å². The average Bonchev–Trinajstić information content (AvgIpc) is 2.52. The summed E-state index contributed by atoms with van der Waals surface area (Å²) in [5, 5.41) is 3.23. The van der Waals surface area contributed by atoms with Crippen molar-refractivity contribution in [2.75, 3.05) is 19.8 Å². The monoisotopic (exact) mass is 277 g/mol. The SMILES string of the molecule is CCC1CCNC(C(=O)OCCOc2ccccc2)C1. The van der Waals surface area contributed by atoms with Gasteiger partial charge in [-0.3, -0.25) is 4.79 Å². The standard InChI is InChI=1S/C16H23NO3/c1-2-13-8-9-17-15(12-13)16(18)20-11-10-19-14-6-4-3-5-7-14/h3-7,13,15,17H,2,8-12H2,1H3. The topological polar surface area (TPSA) is 47.6 Å². The molecule has 4 heteroatoms. The van der Waals surface area contributed by atoms with E-state index in [4.69, 9.17) is 9.47 Å². The van der Waals surface area contributed by atoms with Crippen molar-refractivity contribution in [2.24, 2.45) is 5.92 Å². The van der Waals surface area contributed by atoms with Gasteiger partial charge in [-0.1, -0.05) is 31.5 Å². The van der Waals surface area contributed by atoms with Crippen molar-refractivity contribution < 1.29 is 14.3 Å². The highest BCUT2D eigenvalue weighted by Gasteiger charge is 2.26. The molecule has 0 spiro atoms. The van der Waals surface area contributed by atoms with Crippen molar-refractivity contribution in [3.05, 3.63) is 30.3 Å². The lowest BCUT2D eigenvalue weighted by atomic mass is 9.90. The normalized spacial score (nSPS) is 22.2. The second-order valence-corrected chi connectivity index (χ2v) is 5.13. The number of nitrogens with one attached hydrogen (secondary N) is 1. The summed E-state index contributed by atoms with van der Waals surface area (Å²) in [6.45, 7) is 3.76. The van der Waals surface area contributed by atoms with Gasteiger partial charge in [0.25, 0.3) is 0 Å². The molecule has 0 saturated carbocycles. The Bertz CT molecular complexity index is 407. The van der Waals surface area contributed by atoms with Crippen LogP contribution in [0, 0.1) is 5.92 Å². The molecule has 1 N–H and O–H groups in total. The Morgan fingerprint density at radius 3 is 2.85 bits per heavy atom. The third kappa shape index (κ3) is 4.53. The number of carbonyl (C=O) groups excluding carboxylic acids is 1. The average molecular weight is 277 g/mol. The van der Waals surface area contributed by atoms with E-state index in [1.807, 2.05) is 30.3 Å². The van der Waals surface area contributed by atoms with Gasteiger partial charge < -0.3 is 14.8 Å². The van der Waals surface area contributed by atoms with Crippen LogP contribution in [0.1, 0.15) is 26.2 Å². The lowest BCUT2D eigenvalue weighted by Crippen LogP contribution is -2.44. The van der Waals surface area contributed by atoms with Crippen LogP contribution in [0.2, 0.25) is 0 Å². The molecule has 1 fully saturated rings. The maximum atomic E-state index is 11.9. The zero-order valence-corrected chi connectivity index (χ0v) is 12.0. The van der Waals surface area contributed by atoms with E-state index in [0.29, 0.717) is 19.1 Å². The van der Waals surface area contributed by atoms with Crippen LogP contribution in [0.4, 0.5) is 0 Å². The van der Waals surface area contributed by atoms with Crippen molar-refractivity contribution in [3.63, 3.8) is 0 Å². The highest BCUT2D eigenvalue weighted by Crippen LogP contribution is 2.19. The Morgan fingerprint density at radius 1 is 1.30 bits per heavy atom. The fourth-order valence-corrected chi connectivity index (χ4v) is 2.47. The van der Waals surface area contributed by atoms with Crippen molar-refractivity contribution in [3.8, 4) is 5.75 Å². The summed E-state index contributed by atoms with van der Waals surface area (Å²) in [6, 6.07) is 9.39. The molecule has 0 bridgehead atoms. The third-order valence-electron chi connectivity index (χ3n) is 3.71. The first-order valence-corrected chi connectivity index (χ1v) is 7.37. The zero-order chi connectivity index (χ0) is 14.2. The van der Waals surface area contributed by atoms with Crippen LogP contribution in [-0.4, -0.2) is 31.8 Å². The Hall–Kier alpha value is -1.55. The maximum absolute atomic E-state index is 11.9. The first kappa shape index (κ1) is 14.9. The molecule has 0 aliphatic carbocycles. The van der Waals surface area contributed by atoms with Gasteiger partial charge in [-0.25, -0.2) is 0 Å². The van der Waals surface area contributed by atoms with Crippen LogP contribution in [0.5, 0.6) is 5.75 Å². The van der Waals surface area contributed by atoms with E-state index in [1.54, 1.807) is 0 Å². The predicted molar refractivity (Wildman–Crippen MR) is 77.7 cm³/mol. The molecule has 1 saturated heterocycles. The van der Waals surface area contributed by atoms with E-state index in [9.17, 15) is 4.79 Å². The summed E-state index contributed by atoms with van der Waals surface area (Å²) in [6.07, 6.45) is 3.16. The Kier molecular flexibility index (Phi) is 5.87. The van der Waals surface area contributed by atoms with E-state index in [2.05, 4.69) is 12.2 Å². The lowest BCUT2D eigenvalue weighted by molar-refractivity contribution is -0.148. The number of ether oxygens (including phenoxy) is 2. The van der Waals surface area contributed by atoms with E-state index in [0.717, 1.165) is 31.6 Å². The van der Waals surface area contributed by atoms with E-state index in [-0.39, 0.29) is 12.0 Å². The molecule has 1 aliphatic rings. The van der Waals surface area contributed by atoms with Crippen LogP contribution in [0.3, 0.4) is 0 Å². The molecule has 0 radical (unpaired) electrons. The van der Waals surface area contributed by atoms with Gasteiger partial charge in [-0.2, -0.15) is 0 Å². The molecule has 1 aromatic rings. The molecule has 2 atom stereocenters. The molecular formula is C16H23NO3. The number of para-hydroxylation sites is 1.